The lowest BCUT2D eigenvalue weighted by molar-refractivity contribution is 0.0795. The molecule has 1 fully saturated rings. The normalized spacial score (nSPS) is 18.2. The Kier molecular flexibility index (Phi) is 3.18. The Labute approximate surface area is 132 Å². The summed E-state index contributed by atoms with van der Waals surface area (Å²) in [7, 11) is 2.00. The van der Waals surface area contributed by atoms with Crippen LogP contribution in [0.5, 0.6) is 0 Å². The Hall–Kier alpha value is -2.21. The highest BCUT2D eigenvalue weighted by molar-refractivity contribution is 7.12. The van der Waals surface area contributed by atoms with Gasteiger partial charge in [-0.1, -0.05) is 6.07 Å². The summed E-state index contributed by atoms with van der Waals surface area (Å²) >= 11 is 1.50. The molecule has 4 rings (SSSR count). The molecule has 1 saturated heterocycles. The van der Waals surface area contributed by atoms with Crippen molar-refractivity contribution in [1.29, 1.82) is 0 Å². The minimum atomic E-state index is 0.134. The van der Waals surface area contributed by atoms with E-state index in [2.05, 4.69) is 9.55 Å². The van der Waals surface area contributed by atoms with E-state index in [0.29, 0.717) is 0 Å². The number of fused-ring (bicyclic) bond motifs is 1. The van der Waals surface area contributed by atoms with Crippen molar-refractivity contribution in [3.05, 3.63) is 46.5 Å². The summed E-state index contributed by atoms with van der Waals surface area (Å²) in [6, 6.07) is 7.69. The summed E-state index contributed by atoms with van der Waals surface area (Å²) in [6.07, 6.45) is 2.74. The van der Waals surface area contributed by atoms with E-state index in [9.17, 15) is 4.79 Å². The van der Waals surface area contributed by atoms with E-state index < -0.39 is 0 Å². The third-order valence-corrected chi connectivity index (χ3v) is 5.09. The molecule has 0 radical (unpaired) electrons. The average molecular weight is 312 g/mol. The summed E-state index contributed by atoms with van der Waals surface area (Å²) in [4.78, 5) is 24.3. The Morgan fingerprint density at radius 2 is 2.27 bits per heavy atom. The van der Waals surface area contributed by atoms with Crippen molar-refractivity contribution in [2.24, 2.45) is 7.05 Å². The van der Waals surface area contributed by atoms with Crippen LogP contribution in [0.25, 0.3) is 11.2 Å². The second-order valence-corrected chi connectivity index (χ2v) is 6.54. The van der Waals surface area contributed by atoms with Crippen molar-refractivity contribution in [2.75, 3.05) is 13.1 Å². The quantitative estimate of drug-likeness (QED) is 0.731. The summed E-state index contributed by atoms with van der Waals surface area (Å²) in [5.41, 5.74) is 1.82. The first-order valence-electron chi connectivity index (χ1n) is 7.34. The van der Waals surface area contributed by atoms with Gasteiger partial charge in [0.2, 0.25) is 0 Å². The van der Waals surface area contributed by atoms with Gasteiger partial charge in [0.1, 0.15) is 11.3 Å². The maximum Gasteiger partial charge on any atom is 0.263 e. The predicted molar refractivity (Wildman–Crippen MR) is 86.1 cm³/mol. The van der Waals surface area contributed by atoms with Crippen molar-refractivity contribution in [3.63, 3.8) is 0 Å². The van der Waals surface area contributed by atoms with Crippen LogP contribution >= 0.6 is 11.3 Å². The Morgan fingerprint density at radius 3 is 3.05 bits per heavy atom. The third kappa shape index (κ3) is 2.11. The molecule has 0 saturated carbocycles. The van der Waals surface area contributed by atoms with Crippen molar-refractivity contribution < 1.29 is 4.79 Å². The van der Waals surface area contributed by atoms with Gasteiger partial charge >= 0.3 is 0 Å². The fourth-order valence-corrected chi connectivity index (χ4v) is 3.81. The molecule has 22 heavy (non-hydrogen) atoms. The first-order chi connectivity index (χ1) is 10.7. The van der Waals surface area contributed by atoms with Crippen LogP contribution in [0.4, 0.5) is 0 Å². The highest BCUT2D eigenvalue weighted by atomic mass is 32.1. The number of aromatic nitrogens is 3. The molecule has 0 unspecified atom stereocenters. The zero-order valence-electron chi connectivity index (χ0n) is 12.3. The van der Waals surface area contributed by atoms with Gasteiger partial charge in [0.25, 0.3) is 5.91 Å². The van der Waals surface area contributed by atoms with Gasteiger partial charge in [0.15, 0.2) is 5.65 Å². The van der Waals surface area contributed by atoms with Gasteiger partial charge in [-0.3, -0.25) is 4.79 Å². The summed E-state index contributed by atoms with van der Waals surface area (Å²) in [5.74, 6) is 1.44. The van der Waals surface area contributed by atoms with Crippen molar-refractivity contribution >= 4 is 28.4 Å². The number of imidazole rings is 1. The lowest BCUT2D eigenvalue weighted by atomic mass is 10.1. The number of pyridine rings is 1. The molecule has 6 heteroatoms. The van der Waals surface area contributed by atoms with Crippen LogP contribution in [0.2, 0.25) is 0 Å². The molecule has 3 aromatic heterocycles. The van der Waals surface area contributed by atoms with E-state index in [-0.39, 0.29) is 11.8 Å². The molecule has 112 valence electrons. The Bertz CT molecular complexity index is 824. The van der Waals surface area contributed by atoms with E-state index in [4.69, 9.17) is 4.98 Å². The molecule has 0 aliphatic carbocycles. The van der Waals surface area contributed by atoms with E-state index in [1.54, 1.807) is 6.20 Å². The van der Waals surface area contributed by atoms with Crippen molar-refractivity contribution in [2.45, 2.75) is 12.3 Å². The molecule has 0 spiro atoms. The smallest absolute Gasteiger partial charge is 0.263 e. The summed E-state index contributed by atoms with van der Waals surface area (Å²) in [5, 5.41) is 1.94. The molecule has 1 aliphatic rings. The Morgan fingerprint density at radius 1 is 1.36 bits per heavy atom. The van der Waals surface area contributed by atoms with Crippen LogP contribution < -0.4 is 0 Å². The van der Waals surface area contributed by atoms with Crippen molar-refractivity contribution in [3.8, 4) is 0 Å². The molecule has 5 nitrogen and oxygen atoms in total. The minimum Gasteiger partial charge on any atom is -0.337 e. The second kappa shape index (κ2) is 5.21. The molecule has 1 amide bonds. The van der Waals surface area contributed by atoms with Gasteiger partial charge in [-0.25, -0.2) is 9.97 Å². The lowest BCUT2D eigenvalue weighted by Crippen LogP contribution is -2.28. The summed E-state index contributed by atoms with van der Waals surface area (Å²) < 4.78 is 2.05. The largest absolute Gasteiger partial charge is 0.337 e. The van der Waals surface area contributed by atoms with Gasteiger partial charge < -0.3 is 9.47 Å². The molecule has 3 aromatic rings. The molecule has 1 atom stereocenters. The molecular weight excluding hydrogens is 296 g/mol. The van der Waals surface area contributed by atoms with Gasteiger partial charge in [0, 0.05) is 32.3 Å². The van der Waals surface area contributed by atoms with Crippen LogP contribution in [0.1, 0.15) is 27.8 Å². The van der Waals surface area contributed by atoms with Crippen LogP contribution in [0.15, 0.2) is 35.8 Å². The summed E-state index contributed by atoms with van der Waals surface area (Å²) in [6.45, 7) is 1.52. The number of amides is 1. The van der Waals surface area contributed by atoms with Crippen LogP contribution in [0, 0.1) is 0 Å². The molecule has 4 heterocycles. The number of hydrogen-bond acceptors (Lipinski definition) is 4. The van der Waals surface area contributed by atoms with Crippen LogP contribution in [-0.4, -0.2) is 38.4 Å². The third-order valence-electron chi connectivity index (χ3n) is 4.24. The van der Waals surface area contributed by atoms with Gasteiger partial charge in [-0.05, 0) is 30.0 Å². The number of thiophene rings is 1. The molecule has 0 aromatic carbocycles. The zero-order valence-corrected chi connectivity index (χ0v) is 13.1. The maximum atomic E-state index is 12.4. The fraction of sp³-hybridized carbons (Fsp3) is 0.312. The number of carbonyl (C=O) groups excluding carboxylic acids is 1. The standard InChI is InChI=1S/C16H16N4OS/c1-19-14(18-12-4-2-7-17-15(12)19)11-6-8-20(10-11)16(21)13-5-3-9-22-13/h2-5,7,9,11H,6,8,10H2,1H3/t11-/m1/s1. The van der Waals surface area contributed by atoms with Crippen LogP contribution in [0.3, 0.4) is 0 Å². The first-order valence-corrected chi connectivity index (χ1v) is 8.22. The lowest BCUT2D eigenvalue weighted by Gasteiger charge is -2.15. The molecule has 1 aliphatic heterocycles. The van der Waals surface area contributed by atoms with E-state index in [1.165, 1.54) is 11.3 Å². The topological polar surface area (TPSA) is 51.0 Å². The van der Waals surface area contributed by atoms with Crippen LogP contribution in [-0.2, 0) is 7.05 Å². The van der Waals surface area contributed by atoms with E-state index >= 15 is 0 Å². The van der Waals surface area contributed by atoms with Gasteiger partial charge in [-0.2, -0.15) is 0 Å². The number of hydrogen-bond donors (Lipinski definition) is 0. The number of nitrogens with zero attached hydrogens (tertiary/aromatic N) is 4. The molecule has 0 N–H and O–H groups in total. The van der Waals surface area contributed by atoms with Gasteiger partial charge in [0.05, 0.1) is 4.88 Å². The molecule has 0 bridgehead atoms. The second-order valence-electron chi connectivity index (χ2n) is 5.59. The highest BCUT2D eigenvalue weighted by Gasteiger charge is 2.31. The SMILES string of the molecule is Cn1c([C@@H]2CCN(C(=O)c3cccs3)C2)nc2cccnc21. The van der Waals surface area contributed by atoms with E-state index in [1.807, 2.05) is 41.6 Å². The monoisotopic (exact) mass is 312 g/mol. The minimum absolute atomic E-state index is 0.134. The zero-order chi connectivity index (χ0) is 15.1. The highest BCUT2D eigenvalue weighted by Crippen LogP contribution is 2.29. The molecular formula is C16H16N4OS. The number of carbonyl (C=O) groups is 1. The number of likely N-dealkylation sites (tertiary alicyclic amines) is 1. The van der Waals surface area contributed by atoms with Gasteiger partial charge in [-0.15, -0.1) is 11.3 Å². The van der Waals surface area contributed by atoms with E-state index in [0.717, 1.165) is 41.4 Å². The first kappa shape index (κ1) is 13.5. The number of aryl methyl sites for hydroxylation is 1. The van der Waals surface area contributed by atoms with Crippen molar-refractivity contribution in [1.82, 2.24) is 19.4 Å². The Balaban J connectivity index is 1.59. The predicted octanol–water partition coefficient (Wildman–Crippen LogP) is 2.66. The number of rotatable bonds is 2. The fourth-order valence-electron chi connectivity index (χ4n) is 3.12. The average Bonchev–Trinajstić information content (AvgIpc) is 3.27. The maximum absolute atomic E-state index is 12.4.